The standard InChI is InChI=1S/C15H8N4OS2/c20-8-10-6-12-11(3-5-21-12)13(17-10)15-19-18-14(22-15)9-2-1-4-16-7-9/h1-8H. The summed E-state index contributed by atoms with van der Waals surface area (Å²) in [6.07, 6.45) is 4.22. The Morgan fingerprint density at radius 3 is 2.86 bits per heavy atom. The Bertz CT molecular complexity index is 962. The number of rotatable bonds is 3. The zero-order chi connectivity index (χ0) is 14.9. The van der Waals surface area contributed by atoms with Gasteiger partial charge in [-0.05, 0) is 29.6 Å². The normalized spacial score (nSPS) is 10.9. The first kappa shape index (κ1) is 13.2. The van der Waals surface area contributed by atoms with Crippen LogP contribution in [0.2, 0.25) is 0 Å². The molecule has 0 amide bonds. The van der Waals surface area contributed by atoms with Crippen LogP contribution in [0.15, 0.2) is 42.0 Å². The van der Waals surface area contributed by atoms with Crippen LogP contribution in [0.5, 0.6) is 0 Å². The third-order valence-electron chi connectivity index (χ3n) is 3.13. The highest BCUT2D eigenvalue weighted by Gasteiger charge is 2.15. The van der Waals surface area contributed by atoms with E-state index < -0.39 is 0 Å². The van der Waals surface area contributed by atoms with Crippen LogP contribution in [-0.4, -0.2) is 26.5 Å². The van der Waals surface area contributed by atoms with Gasteiger partial charge in [-0.25, -0.2) is 4.98 Å². The van der Waals surface area contributed by atoms with Crippen molar-refractivity contribution < 1.29 is 4.79 Å². The predicted octanol–water partition coefficient (Wildman–Crippen LogP) is 3.69. The van der Waals surface area contributed by atoms with Crippen molar-refractivity contribution in [3.05, 3.63) is 47.7 Å². The Labute approximate surface area is 133 Å². The highest BCUT2D eigenvalue weighted by atomic mass is 32.1. The van der Waals surface area contributed by atoms with Crippen LogP contribution >= 0.6 is 22.7 Å². The van der Waals surface area contributed by atoms with E-state index in [4.69, 9.17) is 0 Å². The van der Waals surface area contributed by atoms with Crippen LogP contribution in [-0.2, 0) is 0 Å². The van der Waals surface area contributed by atoms with Gasteiger partial charge in [-0.3, -0.25) is 9.78 Å². The lowest BCUT2D eigenvalue weighted by Crippen LogP contribution is -1.90. The summed E-state index contributed by atoms with van der Waals surface area (Å²) in [6.45, 7) is 0. The largest absolute Gasteiger partial charge is 0.296 e. The SMILES string of the molecule is O=Cc1cc2sccc2c(-c2nnc(-c3cccnc3)s2)n1. The summed E-state index contributed by atoms with van der Waals surface area (Å²) in [4.78, 5) is 19.6. The van der Waals surface area contributed by atoms with Crippen molar-refractivity contribution >= 4 is 39.0 Å². The molecule has 0 N–H and O–H groups in total. The Morgan fingerprint density at radius 2 is 2.05 bits per heavy atom. The molecule has 0 saturated carbocycles. The second-order valence-electron chi connectivity index (χ2n) is 4.50. The van der Waals surface area contributed by atoms with E-state index in [0.29, 0.717) is 16.4 Å². The van der Waals surface area contributed by atoms with Crippen molar-refractivity contribution in [2.24, 2.45) is 0 Å². The first-order valence-corrected chi connectivity index (χ1v) is 8.12. The minimum absolute atomic E-state index is 0.406. The van der Waals surface area contributed by atoms with Crippen molar-refractivity contribution in [1.29, 1.82) is 0 Å². The van der Waals surface area contributed by atoms with Gasteiger partial charge in [0.25, 0.3) is 0 Å². The van der Waals surface area contributed by atoms with E-state index in [1.165, 1.54) is 11.3 Å². The van der Waals surface area contributed by atoms with Gasteiger partial charge in [-0.15, -0.1) is 21.5 Å². The van der Waals surface area contributed by atoms with E-state index >= 15 is 0 Å². The van der Waals surface area contributed by atoms with Crippen LogP contribution in [0.4, 0.5) is 0 Å². The van der Waals surface area contributed by atoms with E-state index in [0.717, 1.165) is 26.9 Å². The molecule has 0 aromatic carbocycles. The van der Waals surface area contributed by atoms with E-state index in [9.17, 15) is 4.79 Å². The maximum Gasteiger partial charge on any atom is 0.168 e. The number of fused-ring (bicyclic) bond motifs is 1. The van der Waals surface area contributed by atoms with Crippen molar-refractivity contribution in [1.82, 2.24) is 20.2 Å². The fourth-order valence-corrected chi connectivity index (χ4v) is 3.80. The molecule has 106 valence electrons. The Kier molecular flexibility index (Phi) is 3.21. The minimum atomic E-state index is 0.406. The number of thiophene rings is 1. The van der Waals surface area contributed by atoms with Crippen LogP contribution < -0.4 is 0 Å². The molecular weight excluding hydrogens is 316 g/mol. The lowest BCUT2D eigenvalue weighted by molar-refractivity contribution is 0.111. The molecule has 0 radical (unpaired) electrons. The fourth-order valence-electron chi connectivity index (χ4n) is 2.13. The lowest BCUT2D eigenvalue weighted by atomic mass is 10.2. The highest BCUT2D eigenvalue weighted by molar-refractivity contribution is 7.18. The Hall–Kier alpha value is -2.51. The molecule has 7 heteroatoms. The number of carbonyl (C=O) groups excluding carboxylic acids is 1. The summed E-state index contributed by atoms with van der Waals surface area (Å²) in [5.74, 6) is 0. The summed E-state index contributed by atoms with van der Waals surface area (Å²) < 4.78 is 1.02. The summed E-state index contributed by atoms with van der Waals surface area (Å²) in [5, 5.41) is 12.9. The predicted molar refractivity (Wildman–Crippen MR) is 87.1 cm³/mol. The van der Waals surface area contributed by atoms with Crippen molar-refractivity contribution in [3.63, 3.8) is 0 Å². The number of aromatic nitrogens is 4. The van der Waals surface area contributed by atoms with Crippen LogP contribution in [0, 0.1) is 0 Å². The Morgan fingerprint density at radius 1 is 1.14 bits per heavy atom. The summed E-state index contributed by atoms with van der Waals surface area (Å²) in [5.41, 5.74) is 2.02. The van der Waals surface area contributed by atoms with Gasteiger partial charge < -0.3 is 0 Å². The monoisotopic (exact) mass is 324 g/mol. The van der Waals surface area contributed by atoms with Crippen molar-refractivity contribution in [2.45, 2.75) is 0 Å². The molecule has 0 spiro atoms. The van der Waals surface area contributed by atoms with E-state index in [-0.39, 0.29) is 0 Å². The molecule has 4 aromatic heterocycles. The molecule has 0 atom stereocenters. The molecule has 4 aromatic rings. The molecule has 0 saturated heterocycles. The van der Waals surface area contributed by atoms with Gasteiger partial charge in [0, 0.05) is 28.0 Å². The molecule has 4 rings (SSSR count). The third kappa shape index (κ3) is 2.20. The van der Waals surface area contributed by atoms with E-state index in [1.54, 1.807) is 29.8 Å². The fraction of sp³-hybridized carbons (Fsp3) is 0. The average molecular weight is 324 g/mol. The molecule has 0 fully saturated rings. The lowest BCUT2D eigenvalue weighted by Gasteiger charge is -1.99. The zero-order valence-corrected chi connectivity index (χ0v) is 12.8. The molecule has 0 unspecified atom stereocenters. The van der Waals surface area contributed by atoms with Crippen LogP contribution in [0.1, 0.15) is 10.5 Å². The number of carbonyl (C=O) groups is 1. The average Bonchev–Trinajstić information content (AvgIpc) is 3.24. The third-order valence-corrected chi connectivity index (χ3v) is 4.97. The zero-order valence-electron chi connectivity index (χ0n) is 11.1. The number of hydrogen-bond donors (Lipinski definition) is 0. The van der Waals surface area contributed by atoms with Crippen molar-refractivity contribution in [3.8, 4) is 21.3 Å². The van der Waals surface area contributed by atoms with Crippen molar-refractivity contribution in [2.75, 3.05) is 0 Å². The van der Waals surface area contributed by atoms with Gasteiger partial charge in [0.1, 0.15) is 16.4 Å². The maximum absolute atomic E-state index is 11.1. The molecule has 0 aliphatic carbocycles. The first-order valence-electron chi connectivity index (χ1n) is 6.43. The second kappa shape index (κ2) is 5.36. The minimum Gasteiger partial charge on any atom is -0.296 e. The summed E-state index contributed by atoms with van der Waals surface area (Å²) in [7, 11) is 0. The highest BCUT2D eigenvalue weighted by Crippen LogP contribution is 2.34. The van der Waals surface area contributed by atoms with Gasteiger partial charge in [-0.2, -0.15) is 0 Å². The maximum atomic E-state index is 11.1. The second-order valence-corrected chi connectivity index (χ2v) is 6.43. The molecule has 0 aliphatic rings. The molecule has 5 nitrogen and oxygen atoms in total. The summed E-state index contributed by atoms with van der Waals surface area (Å²) in [6, 6.07) is 7.58. The first-order chi connectivity index (χ1) is 10.8. The summed E-state index contributed by atoms with van der Waals surface area (Å²) >= 11 is 3.02. The molecule has 22 heavy (non-hydrogen) atoms. The van der Waals surface area contributed by atoms with Crippen LogP contribution in [0.25, 0.3) is 31.4 Å². The number of aldehydes is 1. The Balaban J connectivity index is 1.87. The quantitative estimate of drug-likeness (QED) is 0.538. The van der Waals surface area contributed by atoms with Gasteiger partial charge in [0.05, 0.1) is 0 Å². The number of nitrogens with zero attached hydrogens (tertiary/aromatic N) is 4. The molecule has 0 bridgehead atoms. The van der Waals surface area contributed by atoms with E-state index in [2.05, 4.69) is 20.2 Å². The van der Waals surface area contributed by atoms with Crippen LogP contribution in [0.3, 0.4) is 0 Å². The molecular formula is C15H8N4OS2. The topological polar surface area (TPSA) is 68.6 Å². The smallest absolute Gasteiger partial charge is 0.168 e. The van der Waals surface area contributed by atoms with E-state index in [1.807, 2.05) is 23.6 Å². The molecule has 4 heterocycles. The van der Waals surface area contributed by atoms with Gasteiger partial charge in [-0.1, -0.05) is 11.3 Å². The molecule has 0 aliphatic heterocycles. The van der Waals surface area contributed by atoms with Gasteiger partial charge in [0.15, 0.2) is 11.3 Å². The number of hydrogen-bond acceptors (Lipinski definition) is 7. The number of pyridine rings is 2. The van der Waals surface area contributed by atoms with Gasteiger partial charge in [0.2, 0.25) is 0 Å². The van der Waals surface area contributed by atoms with Gasteiger partial charge >= 0.3 is 0 Å².